The van der Waals surface area contributed by atoms with Crippen molar-refractivity contribution in [3.63, 3.8) is 0 Å². The Morgan fingerprint density at radius 2 is 1.69 bits per heavy atom. The summed E-state index contributed by atoms with van der Waals surface area (Å²) in [7, 11) is 0. The van der Waals surface area contributed by atoms with Gasteiger partial charge in [-0.15, -0.1) is 0 Å². The van der Waals surface area contributed by atoms with Crippen molar-refractivity contribution >= 4 is 5.97 Å². The molecular formula is C20H36O6. The zero-order valence-corrected chi connectivity index (χ0v) is 16.3. The van der Waals surface area contributed by atoms with E-state index in [1.165, 1.54) is 0 Å². The van der Waals surface area contributed by atoms with Gasteiger partial charge < -0.3 is 24.4 Å². The van der Waals surface area contributed by atoms with E-state index in [-0.39, 0.29) is 37.0 Å². The molecule has 0 aromatic rings. The van der Waals surface area contributed by atoms with E-state index in [2.05, 4.69) is 0 Å². The van der Waals surface area contributed by atoms with Crippen molar-refractivity contribution in [2.45, 2.75) is 83.5 Å². The summed E-state index contributed by atoms with van der Waals surface area (Å²) in [6.45, 7) is 4.86. The molecule has 0 bridgehead atoms. The Bertz CT molecular complexity index is 407. The first-order chi connectivity index (χ1) is 12.5. The molecule has 2 fully saturated rings. The monoisotopic (exact) mass is 372 g/mol. The molecule has 0 heterocycles. The smallest absolute Gasteiger partial charge is 0.311 e. The first-order valence-electron chi connectivity index (χ1n) is 10.2. The number of aliphatic hydroxyl groups excluding tert-OH is 2. The normalized spacial score (nSPS) is 32.0. The van der Waals surface area contributed by atoms with Gasteiger partial charge in [0.1, 0.15) is 6.79 Å². The van der Waals surface area contributed by atoms with Gasteiger partial charge in [-0.1, -0.05) is 6.42 Å². The minimum absolute atomic E-state index is 0.159. The average molecular weight is 373 g/mol. The topological polar surface area (TPSA) is 85.2 Å². The van der Waals surface area contributed by atoms with Crippen molar-refractivity contribution in [1.29, 1.82) is 0 Å². The maximum absolute atomic E-state index is 12.2. The van der Waals surface area contributed by atoms with Crippen LogP contribution in [0.1, 0.15) is 65.2 Å². The van der Waals surface area contributed by atoms with Crippen LogP contribution in [0.2, 0.25) is 0 Å². The van der Waals surface area contributed by atoms with E-state index in [1.807, 2.05) is 13.8 Å². The van der Waals surface area contributed by atoms with Crippen LogP contribution in [0, 0.1) is 17.8 Å². The zero-order chi connectivity index (χ0) is 18.9. The molecule has 4 unspecified atom stereocenters. The largest absolute Gasteiger partial charge is 0.465 e. The summed E-state index contributed by atoms with van der Waals surface area (Å²) in [4.78, 5) is 12.2. The van der Waals surface area contributed by atoms with E-state index in [0.717, 1.165) is 51.4 Å². The maximum Gasteiger partial charge on any atom is 0.311 e. The van der Waals surface area contributed by atoms with Crippen LogP contribution in [0.3, 0.4) is 0 Å². The highest BCUT2D eigenvalue weighted by Crippen LogP contribution is 2.25. The van der Waals surface area contributed by atoms with Gasteiger partial charge in [-0.3, -0.25) is 4.79 Å². The molecule has 0 aliphatic heterocycles. The average Bonchev–Trinajstić information content (AvgIpc) is 2.63. The molecule has 2 rings (SSSR count). The van der Waals surface area contributed by atoms with Crippen molar-refractivity contribution in [2.75, 3.05) is 20.0 Å². The molecule has 2 aliphatic carbocycles. The lowest BCUT2D eigenvalue weighted by Gasteiger charge is -2.27. The quantitative estimate of drug-likeness (QED) is 0.368. The Kier molecular flexibility index (Phi) is 9.33. The van der Waals surface area contributed by atoms with Crippen molar-refractivity contribution in [2.24, 2.45) is 17.8 Å². The first-order valence-corrected chi connectivity index (χ1v) is 10.2. The van der Waals surface area contributed by atoms with Gasteiger partial charge >= 0.3 is 5.97 Å². The highest BCUT2D eigenvalue weighted by Gasteiger charge is 2.26. The molecule has 0 radical (unpaired) electrons. The Balaban J connectivity index is 1.55. The van der Waals surface area contributed by atoms with Crippen LogP contribution in [-0.4, -0.2) is 54.5 Å². The number of carbonyl (C=O) groups excluding carboxylic acids is 1. The predicted octanol–water partition coefficient (Wildman–Crippen LogP) is 2.65. The van der Waals surface area contributed by atoms with E-state index in [1.54, 1.807) is 0 Å². The molecule has 6 nitrogen and oxygen atoms in total. The summed E-state index contributed by atoms with van der Waals surface area (Å²) >= 11 is 0. The van der Waals surface area contributed by atoms with E-state index >= 15 is 0 Å². The van der Waals surface area contributed by atoms with E-state index in [9.17, 15) is 15.0 Å². The Morgan fingerprint density at radius 1 is 0.962 bits per heavy atom. The minimum atomic E-state index is -0.343. The minimum Gasteiger partial charge on any atom is -0.465 e. The molecule has 0 saturated heterocycles. The highest BCUT2D eigenvalue weighted by atomic mass is 16.7. The van der Waals surface area contributed by atoms with Crippen LogP contribution in [0.4, 0.5) is 0 Å². The molecule has 4 atom stereocenters. The van der Waals surface area contributed by atoms with E-state index in [4.69, 9.17) is 14.2 Å². The third-order valence-corrected chi connectivity index (χ3v) is 5.88. The fourth-order valence-electron chi connectivity index (χ4n) is 3.76. The molecule has 0 amide bonds. The van der Waals surface area contributed by atoms with Crippen molar-refractivity contribution in [3.05, 3.63) is 0 Å². The SMILES string of the molecule is CC(OCOCC1CCCC(O)C1)C(C)C(=O)OCC1CCC(O)CC1. The van der Waals surface area contributed by atoms with Crippen molar-refractivity contribution < 1.29 is 29.2 Å². The molecule has 0 aromatic heterocycles. The van der Waals surface area contributed by atoms with Gasteiger partial charge in [0.05, 0.1) is 37.4 Å². The fourth-order valence-corrected chi connectivity index (χ4v) is 3.76. The highest BCUT2D eigenvalue weighted by molar-refractivity contribution is 5.72. The number of esters is 1. The van der Waals surface area contributed by atoms with Crippen LogP contribution >= 0.6 is 0 Å². The second-order valence-corrected chi connectivity index (χ2v) is 8.14. The lowest BCUT2D eigenvalue weighted by atomic mass is 9.88. The standard InChI is InChI=1S/C20H36O6/c1-14(20(23)25-12-16-6-8-18(21)9-7-16)15(2)26-13-24-11-17-4-3-5-19(22)10-17/h14-19,21-22H,3-13H2,1-2H3. The molecule has 2 N–H and O–H groups in total. The number of rotatable bonds is 9. The van der Waals surface area contributed by atoms with Gasteiger partial charge in [0.15, 0.2) is 0 Å². The van der Waals surface area contributed by atoms with E-state index < -0.39 is 0 Å². The number of aliphatic hydroxyl groups is 2. The molecule has 26 heavy (non-hydrogen) atoms. The summed E-state index contributed by atoms with van der Waals surface area (Å²) in [5.74, 6) is 0.178. The third kappa shape index (κ3) is 7.51. The van der Waals surface area contributed by atoms with Gasteiger partial charge in [0.2, 0.25) is 0 Å². The summed E-state index contributed by atoms with van der Waals surface area (Å²) in [6.07, 6.45) is 6.61. The van der Waals surface area contributed by atoms with Gasteiger partial charge in [0.25, 0.3) is 0 Å². The van der Waals surface area contributed by atoms with Crippen molar-refractivity contribution in [3.8, 4) is 0 Å². The molecule has 6 heteroatoms. The molecule has 152 valence electrons. The van der Waals surface area contributed by atoms with Crippen LogP contribution in [0.15, 0.2) is 0 Å². The molecule has 0 aromatic carbocycles. The number of hydrogen-bond acceptors (Lipinski definition) is 6. The Morgan fingerprint density at radius 3 is 2.38 bits per heavy atom. The van der Waals surface area contributed by atoms with Crippen molar-refractivity contribution in [1.82, 2.24) is 0 Å². The first kappa shape index (κ1) is 21.6. The summed E-state index contributed by atoms with van der Waals surface area (Å²) in [5.41, 5.74) is 0. The Hall–Kier alpha value is -0.690. The zero-order valence-electron chi connectivity index (χ0n) is 16.3. The van der Waals surface area contributed by atoms with Gasteiger partial charge in [-0.05, 0) is 70.6 Å². The second-order valence-electron chi connectivity index (χ2n) is 8.14. The van der Waals surface area contributed by atoms with Crippen LogP contribution < -0.4 is 0 Å². The van der Waals surface area contributed by atoms with Gasteiger partial charge in [0, 0.05) is 0 Å². The number of carbonyl (C=O) groups is 1. The van der Waals surface area contributed by atoms with Crippen LogP contribution in [-0.2, 0) is 19.0 Å². The fraction of sp³-hybridized carbons (Fsp3) is 0.950. The van der Waals surface area contributed by atoms with E-state index in [0.29, 0.717) is 25.0 Å². The number of ether oxygens (including phenoxy) is 3. The van der Waals surface area contributed by atoms with Crippen LogP contribution in [0.25, 0.3) is 0 Å². The van der Waals surface area contributed by atoms with Gasteiger partial charge in [-0.25, -0.2) is 0 Å². The second kappa shape index (κ2) is 11.2. The summed E-state index contributed by atoms with van der Waals surface area (Å²) in [5, 5.41) is 19.2. The molecule has 2 aliphatic rings. The predicted molar refractivity (Wildman–Crippen MR) is 97.4 cm³/mol. The maximum atomic E-state index is 12.2. The third-order valence-electron chi connectivity index (χ3n) is 5.88. The summed E-state index contributed by atoms with van der Waals surface area (Å²) in [6, 6.07) is 0. The lowest BCUT2D eigenvalue weighted by Crippen LogP contribution is -2.31. The molecule has 2 saturated carbocycles. The summed E-state index contributed by atoms with van der Waals surface area (Å²) < 4.78 is 16.7. The van der Waals surface area contributed by atoms with Crippen LogP contribution in [0.5, 0.6) is 0 Å². The molecular weight excluding hydrogens is 336 g/mol. The Labute approximate surface area is 157 Å². The lowest BCUT2D eigenvalue weighted by molar-refractivity contribution is -0.160. The number of hydrogen-bond donors (Lipinski definition) is 2. The van der Waals surface area contributed by atoms with Gasteiger partial charge in [-0.2, -0.15) is 0 Å². The molecule has 0 spiro atoms.